The monoisotopic (exact) mass is 304 g/mol. The Balaban J connectivity index is 1.60. The van der Waals surface area contributed by atoms with Crippen LogP contribution >= 0.6 is 11.8 Å². The second-order valence-corrected chi connectivity index (χ2v) is 7.92. The molecule has 21 heavy (non-hydrogen) atoms. The van der Waals surface area contributed by atoms with Crippen LogP contribution in [0.25, 0.3) is 0 Å². The molecule has 0 spiro atoms. The van der Waals surface area contributed by atoms with Gasteiger partial charge in [-0.3, -0.25) is 0 Å². The first-order valence-corrected chi connectivity index (χ1v) is 9.50. The van der Waals surface area contributed by atoms with Crippen LogP contribution in [0.5, 0.6) is 0 Å². The quantitative estimate of drug-likeness (QED) is 0.890. The fraction of sp³-hybridized carbons (Fsp3) is 0.667. The molecule has 3 rings (SSSR count). The van der Waals surface area contributed by atoms with E-state index in [-0.39, 0.29) is 0 Å². The van der Waals surface area contributed by atoms with E-state index in [1.165, 1.54) is 61.2 Å². The minimum Gasteiger partial charge on any atom is -0.374 e. The van der Waals surface area contributed by atoms with E-state index < -0.39 is 0 Å². The minimum absolute atomic E-state index is 0.716. The van der Waals surface area contributed by atoms with Gasteiger partial charge in [-0.25, -0.2) is 0 Å². The maximum absolute atomic E-state index is 3.82. The van der Waals surface area contributed by atoms with E-state index in [0.717, 1.165) is 11.8 Å². The summed E-state index contributed by atoms with van der Waals surface area (Å²) in [5.74, 6) is 1.24. The third-order valence-corrected chi connectivity index (χ3v) is 6.22. The highest BCUT2D eigenvalue weighted by molar-refractivity contribution is 7.99. The van der Waals surface area contributed by atoms with Crippen LogP contribution < -0.4 is 10.2 Å². The molecule has 1 aliphatic heterocycles. The van der Waals surface area contributed by atoms with Crippen LogP contribution in [0.3, 0.4) is 0 Å². The van der Waals surface area contributed by atoms with E-state index in [1.807, 2.05) is 0 Å². The molecule has 1 heterocycles. The summed E-state index contributed by atoms with van der Waals surface area (Å²) in [7, 11) is 2.21. The molecule has 2 unspecified atom stereocenters. The van der Waals surface area contributed by atoms with Crippen molar-refractivity contribution in [3.63, 3.8) is 0 Å². The Hall–Kier alpha value is -0.670. The number of hydrogen-bond acceptors (Lipinski definition) is 3. The van der Waals surface area contributed by atoms with Crippen molar-refractivity contribution in [2.75, 3.05) is 24.2 Å². The summed E-state index contributed by atoms with van der Waals surface area (Å²) in [6.45, 7) is 4.51. The lowest BCUT2D eigenvalue weighted by atomic mass is 9.99. The van der Waals surface area contributed by atoms with Crippen molar-refractivity contribution in [2.45, 2.75) is 56.9 Å². The van der Waals surface area contributed by atoms with Crippen molar-refractivity contribution in [3.05, 3.63) is 29.3 Å². The first-order chi connectivity index (χ1) is 10.3. The molecule has 1 N–H and O–H groups in total. The van der Waals surface area contributed by atoms with Gasteiger partial charge in [-0.05, 0) is 48.6 Å². The number of rotatable bonds is 5. The molecule has 2 aliphatic rings. The second kappa shape index (κ2) is 7.06. The Morgan fingerprint density at radius 3 is 3.05 bits per heavy atom. The molecule has 2 atom stereocenters. The molecular weight excluding hydrogens is 276 g/mol. The summed E-state index contributed by atoms with van der Waals surface area (Å²) in [6.07, 6.45) is 6.67. The van der Waals surface area contributed by atoms with Crippen LogP contribution in [-0.2, 0) is 13.0 Å². The highest BCUT2D eigenvalue weighted by Gasteiger charge is 2.26. The van der Waals surface area contributed by atoms with Crippen molar-refractivity contribution in [3.8, 4) is 0 Å². The Bertz CT molecular complexity index is 474. The molecule has 0 aromatic heterocycles. The van der Waals surface area contributed by atoms with Gasteiger partial charge in [0.15, 0.2) is 0 Å². The van der Waals surface area contributed by atoms with Gasteiger partial charge in [-0.15, -0.1) is 0 Å². The molecule has 0 amide bonds. The molecule has 1 saturated carbocycles. The molecule has 0 saturated heterocycles. The van der Waals surface area contributed by atoms with Crippen molar-refractivity contribution in [2.24, 2.45) is 0 Å². The number of nitrogens with one attached hydrogen (secondary N) is 1. The fourth-order valence-electron chi connectivity index (χ4n) is 3.77. The van der Waals surface area contributed by atoms with Crippen molar-refractivity contribution in [1.29, 1.82) is 0 Å². The van der Waals surface area contributed by atoms with Gasteiger partial charge < -0.3 is 10.2 Å². The molecule has 116 valence electrons. The van der Waals surface area contributed by atoms with Crippen LogP contribution in [0.2, 0.25) is 0 Å². The number of benzene rings is 1. The topological polar surface area (TPSA) is 15.3 Å². The zero-order valence-corrected chi connectivity index (χ0v) is 14.2. The van der Waals surface area contributed by atoms with Gasteiger partial charge >= 0.3 is 0 Å². The van der Waals surface area contributed by atoms with Gasteiger partial charge in [-0.2, -0.15) is 11.8 Å². The largest absolute Gasteiger partial charge is 0.374 e. The van der Waals surface area contributed by atoms with Crippen molar-refractivity contribution < 1.29 is 0 Å². The minimum atomic E-state index is 0.716. The Labute approximate surface area is 133 Å². The molecule has 1 fully saturated rings. The van der Waals surface area contributed by atoms with Crippen LogP contribution in [0, 0.1) is 0 Å². The lowest BCUT2D eigenvalue weighted by molar-refractivity contribution is 0.532. The summed E-state index contributed by atoms with van der Waals surface area (Å²) in [5.41, 5.74) is 4.43. The van der Waals surface area contributed by atoms with Crippen LogP contribution in [0.15, 0.2) is 18.2 Å². The fourth-order valence-corrected chi connectivity index (χ4v) is 5.00. The van der Waals surface area contributed by atoms with Gasteiger partial charge in [0.25, 0.3) is 0 Å². The number of aryl methyl sites for hydroxylation is 1. The third kappa shape index (κ3) is 3.57. The second-order valence-electron chi connectivity index (χ2n) is 6.40. The van der Waals surface area contributed by atoms with E-state index in [2.05, 4.69) is 54.1 Å². The first-order valence-electron chi connectivity index (χ1n) is 8.46. The van der Waals surface area contributed by atoms with Crippen molar-refractivity contribution >= 4 is 17.4 Å². The molecular formula is C18H28N2S. The summed E-state index contributed by atoms with van der Waals surface area (Å²) < 4.78 is 0. The molecule has 3 heteroatoms. The number of fused-ring (bicyclic) bond motifs is 1. The molecule has 0 bridgehead atoms. The van der Waals surface area contributed by atoms with Gasteiger partial charge in [-0.1, -0.05) is 25.5 Å². The Morgan fingerprint density at radius 1 is 1.29 bits per heavy atom. The molecule has 1 aromatic carbocycles. The Kier molecular flexibility index (Phi) is 5.12. The average Bonchev–Trinajstić information content (AvgIpc) is 2.93. The zero-order chi connectivity index (χ0) is 14.7. The molecule has 2 nitrogen and oxygen atoms in total. The number of nitrogens with zero attached hydrogens (tertiary/aromatic N) is 1. The number of thioether (sulfide) groups is 1. The van der Waals surface area contributed by atoms with E-state index in [1.54, 1.807) is 0 Å². The van der Waals surface area contributed by atoms with Gasteiger partial charge in [0.2, 0.25) is 0 Å². The smallest absolute Gasteiger partial charge is 0.0396 e. The zero-order valence-electron chi connectivity index (χ0n) is 13.4. The van der Waals surface area contributed by atoms with Gasteiger partial charge in [0, 0.05) is 37.1 Å². The van der Waals surface area contributed by atoms with E-state index in [9.17, 15) is 0 Å². The van der Waals surface area contributed by atoms with E-state index in [0.29, 0.717) is 6.04 Å². The van der Waals surface area contributed by atoms with Gasteiger partial charge in [0.1, 0.15) is 0 Å². The normalized spacial score (nSPS) is 25.1. The van der Waals surface area contributed by atoms with Crippen LogP contribution in [0.4, 0.5) is 5.69 Å². The maximum Gasteiger partial charge on any atom is 0.0396 e. The summed E-state index contributed by atoms with van der Waals surface area (Å²) in [6, 6.07) is 7.77. The van der Waals surface area contributed by atoms with Crippen LogP contribution in [0.1, 0.15) is 43.7 Å². The summed E-state index contributed by atoms with van der Waals surface area (Å²) in [4.78, 5) is 2.39. The predicted molar refractivity (Wildman–Crippen MR) is 94.4 cm³/mol. The molecule has 1 aromatic rings. The number of hydrogen-bond donors (Lipinski definition) is 1. The lowest BCUT2D eigenvalue weighted by Crippen LogP contribution is -2.33. The summed E-state index contributed by atoms with van der Waals surface area (Å²) >= 11 is 2.14. The van der Waals surface area contributed by atoms with Gasteiger partial charge in [0.05, 0.1) is 0 Å². The van der Waals surface area contributed by atoms with E-state index >= 15 is 0 Å². The van der Waals surface area contributed by atoms with E-state index in [4.69, 9.17) is 0 Å². The first kappa shape index (κ1) is 15.2. The highest BCUT2D eigenvalue weighted by atomic mass is 32.2. The third-order valence-electron chi connectivity index (χ3n) is 4.90. The maximum atomic E-state index is 3.82. The highest BCUT2D eigenvalue weighted by Crippen LogP contribution is 2.30. The summed E-state index contributed by atoms with van der Waals surface area (Å²) in [5, 5.41) is 4.65. The van der Waals surface area contributed by atoms with Crippen LogP contribution in [-0.4, -0.2) is 30.6 Å². The SMILES string of the molecule is CCSC1CCCC1NCc1ccc2c(c1)CCCN2C. The average molecular weight is 305 g/mol. The molecule has 0 radical (unpaired) electrons. The standard InChI is InChI=1S/C18H28N2S/c1-3-21-18-8-4-7-16(18)19-13-14-9-10-17-15(12-14)6-5-11-20(17)2/h9-10,12,16,18-19H,3-8,11,13H2,1-2H3. The predicted octanol–water partition coefficient (Wildman–Crippen LogP) is 3.83. The molecule has 1 aliphatic carbocycles. The van der Waals surface area contributed by atoms with Crippen molar-refractivity contribution in [1.82, 2.24) is 5.32 Å². The lowest BCUT2D eigenvalue weighted by Gasteiger charge is -2.28. The number of anilines is 1. The Morgan fingerprint density at radius 2 is 2.19 bits per heavy atom.